The lowest BCUT2D eigenvalue weighted by atomic mass is 10.9. The minimum absolute atomic E-state index is 0.611. The summed E-state index contributed by atoms with van der Waals surface area (Å²) in [7, 11) is 0. The highest BCUT2D eigenvalue weighted by atomic mass is 35.5. The van der Waals surface area contributed by atoms with Crippen LogP contribution < -0.4 is 0 Å². The van der Waals surface area contributed by atoms with Gasteiger partial charge in [-0.05, 0) is 0 Å². The van der Waals surface area contributed by atoms with Crippen LogP contribution in [0.15, 0.2) is 0 Å². The minimum atomic E-state index is -0.611. The van der Waals surface area contributed by atoms with Crippen LogP contribution in [0.5, 0.6) is 0 Å². The molecule has 0 radical (unpaired) electrons. The standard InChI is InChI=1S/C2H3ClF/c1-2(3)4/h1H3/q+1. The largest absolute Gasteiger partial charge is 0.404 e. The summed E-state index contributed by atoms with van der Waals surface area (Å²) in [5.74, 6) is 0. The molecule has 0 unspecified atom stereocenters. The van der Waals surface area contributed by atoms with E-state index < -0.39 is 5.63 Å². The first-order valence-electron chi connectivity index (χ1n) is 0.878. The second kappa shape index (κ2) is 1.41. The predicted molar refractivity (Wildman–Crippen MR) is 15.9 cm³/mol. The Morgan fingerprint density at radius 3 is 2.00 bits per heavy atom. The highest BCUT2D eigenvalue weighted by molar-refractivity contribution is 6.25. The highest BCUT2D eigenvalue weighted by Crippen LogP contribution is 2.01. The lowest BCUT2D eigenvalue weighted by Gasteiger charge is -1.48. The van der Waals surface area contributed by atoms with Crippen LogP contribution in [-0.2, 0) is 0 Å². The average Bonchev–Trinajstić information content (AvgIpc) is 0.811. The molecule has 0 saturated carbocycles. The van der Waals surface area contributed by atoms with Gasteiger partial charge in [-0.25, -0.2) is 0 Å². The van der Waals surface area contributed by atoms with Gasteiger partial charge in [-0.2, -0.15) is 0 Å². The van der Waals surface area contributed by atoms with E-state index in [2.05, 4.69) is 11.6 Å². The topological polar surface area (TPSA) is 0 Å². The van der Waals surface area contributed by atoms with Crippen LogP contribution in [0.25, 0.3) is 0 Å². The lowest BCUT2D eigenvalue weighted by molar-refractivity contribution is 0.593. The number of hydrogen-bond acceptors (Lipinski definition) is 0. The average molecular weight is 81.5 g/mol. The van der Waals surface area contributed by atoms with Gasteiger partial charge in [0.05, 0.1) is 0 Å². The van der Waals surface area contributed by atoms with Crippen molar-refractivity contribution in [3.63, 3.8) is 0 Å². The second-order valence-electron chi connectivity index (χ2n) is 0.449. The third kappa shape index (κ3) is 307. The molecule has 0 fully saturated rings. The summed E-state index contributed by atoms with van der Waals surface area (Å²) in [6, 6.07) is 0. The maximum absolute atomic E-state index is 10.7. The summed E-state index contributed by atoms with van der Waals surface area (Å²) < 4.78 is 10.7. The zero-order chi connectivity index (χ0) is 3.58. The molecule has 0 aliphatic carbocycles. The van der Waals surface area contributed by atoms with Crippen molar-refractivity contribution in [2.75, 3.05) is 0 Å². The molecule has 0 amide bonds. The Balaban J connectivity index is 2.32. The van der Waals surface area contributed by atoms with E-state index in [1.807, 2.05) is 0 Å². The van der Waals surface area contributed by atoms with Crippen molar-refractivity contribution < 1.29 is 4.39 Å². The van der Waals surface area contributed by atoms with Crippen molar-refractivity contribution in [2.45, 2.75) is 6.92 Å². The monoisotopic (exact) mass is 81.0 g/mol. The van der Waals surface area contributed by atoms with Gasteiger partial charge in [0.2, 0.25) is 0 Å². The van der Waals surface area contributed by atoms with E-state index in [-0.39, 0.29) is 0 Å². The van der Waals surface area contributed by atoms with E-state index in [0.29, 0.717) is 0 Å². The molecule has 4 heavy (non-hydrogen) atoms. The van der Waals surface area contributed by atoms with E-state index in [1.165, 1.54) is 6.92 Å². The lowest BCUT2D eigenvalue weighted by Crippen LogP contribution is -1.50. The second-order valence-corrected chi connectivity index (χ2v) is 0.970. The van der Waals surface area contributed by atoms with Crippen LogP contribution in [0.4, 0.5) is 4.39 Å². The van der Waals surface area contributed by atoms with Crippen LogP contribution >= 0.6 is 11.6 Å². The van der Waals surface area contributed by atoms with Crippen LogP contribution in [0.1, 0.15) is 6.92 Å². The van der Waals surface area contributed by atoms with E-state index in [4.69, 9.17) is 0 Å². The summed E-state index contributed by atoms with van der Waals surface area (Å²) in [6.45, 7) is 1.18. The van der Waals surface area contributed by atoms with Crippen molar-refractivity contribution in [1.82, 2.24) is 0 Å². The van der Waals surface area contributed by atoms with Crippen molar-refractivity contribution in [2.24, 2.45) is 0 Å². The Morgan fingerprint density at radius 1 is 2.00 bits per heavy atom. The fraction of sp³-hybridized carbons (Fsp3) is 0.500. The number of halogens is 2. The Kier molecular flexibility index (Phi) is 1.45. The van der Waals surface area contributed by atoms with Gasteiger partial charge in [0.25, 0.3) is 0 Å². The van der Waals surface area contributed by atoms with E-state index >= 15 is 0 Å². The van der Waals surface area contributed by atoms with Gasteiger partial charge in [0, 0.05) is 4.39 Å². The molecule has 0 rings (SSSR count). The van der Waals surface area contributed by atoms with Gasteiger partial charge in [-0.3, -0.25) is 0 Å². The third-order valence-electron chi connectivity index (χ3n) is 0. The molecule has 0 nitrogen and oxygen atoms in total. The molecule has 2 heteroatoms. The number of rotatable bonds is 0. The normalized spacial score (nSPS) is 6.75. The summed E-state index contributed by atoms with van der Waals surface area (Å²) in [4.78, 5) is 0. The molecule has 24 valence electrons. The van der Waals surface area contributed by atoms with Gasteiger partial charge < -0.3 is 0 Å². The molecular weight excluding hydrogens is 78.5 g/mol. The van der Waals surface area contributed by atoms with Gasteiger partial charge in [-0.15, -0.1) is 0 Å². The number of hydrogen-bond donors (Lipinski definition) is 0. The Hall–Kier alpha value is 0.0900. The minimum Gasteiger partial charge on any atom is 0.0160 e. The Labute approximate surface area is 29.6 Å². The maximum Gasteiger partial charge on any atom is 0.404 e. The maximum atomic E-state index is 10.7. The fourth-order valence-corrected chi connectivity index (χ4v) is 0. The summed E-state index contributed by atoms with van der Waals surface area (Å²) in [5, 5.41) is 0. The molecule has 0 spiro atoms. The molecule has 0 bridgehead atoms. The van der Waals surface area contributed by atoms with E-state index in [9.17, 15) is 4.39 Å². The van der Waals surface area contributed by atoms with E-state index in [0.717, 1.165) is 0 Å². The van der Waals surface area contributed by atoms with Gasteiger partial charge in [-0.1, -0.05) is 0 Å². The quantitative estimate of drug-likeness (QED) is 0.390. The molecule has 0 N–H and O–H groups in total. The van der Waals surface area contributed by atoms with Crippen molar-refractivity contribution >= 4 is 11.6 Å². The SMILES string of the molecule is C[C+](F)Cl. The molecule has 0 aliphatic heterocycles. The summed E-state index contributed by atoms with van der Waals surface area (Å²) in [6.07, 6.45) is 0. The molecular formula is C2H3ClF+. The molecule has 0 heterocycles. The van der Waals surface area contributed by atoms with E-state index in [1.54, 1.807) is 0 Å². The van der Waals surface area contributed by atoms with Crippen LogP contribution in [0.2, 0.25) is 0 Å². The molecule has 0 aromatic heterocycles. The molecule has 0 aromatic rings. The van der Waals surface area contributed by atoms with Gasteiger partial charge in [0.15, 0.2) is 11.6 Å². The van der Waals surface area contributed by atoms with Crippen LogP contribution in [0, 0.1) is 5.63 Å². The molecule has 0 saturated heterocycles. The smallest absolute Gasteiger partial charge is 0.0160 e. The zero-order valence-corrected chi connectivity index (χ0v) is 3.01. The summed E-state index contributed by atoms with van der Waals surface area (Å²) in [5.41, 5.74) is -0.611. The Morgan fingerprint density at radius 2 is 2.00 bits per heavy atom. The zero-order valence-electron chi connectivity index (χ0n) is 2.26. The summed E-state index contributed by atoms with van der Waals surface area (Å²) >= 11 is 4.52. The van der Waals surface area contributed by atoms with Crippen LogP contribution in [0.3, 0.4) is 0 Å². The van der Waals surface area contributed by atoms with Crippen LogP contribution in [-0.4, -0.2) is 0 Å². The van der Waals surface area contributed by atoms with Crippen molar-refractivity contribution in [3.05, 3.63) is 5.63 Å². The third-order valence-corrected chi connectivity index (χ3v) is 0. The van der Waals surface area contributed by atoms with Gasteiger partial charge >= 0.3 is 5.63 Å². The first kappa shape index (κ1) is 4.09. The first-order valence-corrected chi connectivity index (χ1v) is 1.26. The Bertz CT molecular complexity index is 10.8. The highest BCUT2D eigenvalue weighted by Gasteiger charge is 2.00. The molecule has 0 aliphatic rings. The first-order chi connectivity index (χ1) is 1.73. The predicted octanol–water partition coefficient (Wildman–Crippen LogP) is 1.70. The molecule has 0 aromatic carbocycles. The molecule has 0 atom stereocenters. The van der Waals surface area contributed by atoms with Crippen molar-refractivity contribution in [1.29, 1.82) is 0 Å². The van der Waals surface area contributed by atoms with Gasteiger partial charge in [0.1, 0.15) is 6.92 Å². The fourth-order valence-electron chi connectivity index (χ4n) is 0. The van der Waals surface area contributed by atoms with Crippen molar-refractivity contribution in [3.8, 4) is 0 Å².